The van der Waals surface area contributed by atoms with Crippen LogP contribution < -0.4 is 10.9 Å². The Morgan fingerprint density at radius 1 is 1.06 bits per heavy atom. The highest BCUT2D eigenvalue weighted by Gasteiger charge is 2.29. The molecule has 1 aliphatic carbocycles. The first kappa shape index (κ1) is 23.7. The molecule has 184 valence electrons. The highest BCUT2D eigenvalue weighted by molar-refractivity contribution is 7.89. The molecular weight excluding hydrogens is 466 g/mol. The minimum atomic E-state index is -3.63. The fourth-order valence-electron chi connectivity index (χ4n) is 4.44. The van der Waals surface area contributed by atoms with Crippen molar-refractivity contribution in [3.8, 4) is 0 Å². The van der Waals surface area contributed by atoms with Crippen molar-refractivity contribution in [2.24, 2.45) is 0 Å². The third-order valence-electron chi connectivity index (χ3n) is 6.59. The lowest BCUT2D eigenvalue weighted by molar-refractivity contribution is -0.116. The SMILES string of the molecule is CN1CCN(S(=O)(=O)c2cccc(NC(=O)CCc3nc4ccccc4c(=O)n3C3CC3)c2)CC1. The molecule has 0 radical (unpaired) electrons. The maximum Gasteiger partial charge on any atom is 0.261 e. The van der Waals surface area contributed by atoms with Crippen LogP contribution in [0.1, 0.15) is 31.1 Å². The summed E-state index contributed by atoms with van der Waals surface area (Å²) in [6, 6.07) is 13.8. The Balaban J connectivity index is 1.29. The Hall–Kier alpha value is -3.08. The van der Waals surface area contributed by atoms with Crippen LogP contribution in [0, 0.1) is 0 Å². The van der Waals surface area contributed by atoms with E-state index in [1.54, 1.807) is 28.8 Å². The molecule has 2 fully saturated rings. The number of rotatable bonds is 7. The van der Waals surface area contributed by atoms with Crippen LogP contribution in [0.4, 0.5) is 5.69 Å². The molecule has 1 aliphatic heterocycles. The zero-order valence-corrected chi connectivity index (χ0v) is 20.5. The molecule has 0 bridgehead atoms. The Bertz CT molecular complexity index is 1420. The number of amides is 1. The summed E-state index contributed by atoms with van der Waals surface area (Å²) in [5.74, 6) is 0.349. The smallest absolute Gasteiger partial charge is 0.261 e. The van der Waals surface area contributed by atoms with Gasteiger partial charge in [-0.1, -0.05) is 18.2 Å². The Labute approximate surface area is 204 Å². The van der Waals surface area contributed by atoms with E-state index in [1.807, 2.05) is 25.2 Å². The number of aromatic nitrogens is 2. The summed E-state index contributed by atoms with van der Waals surface area (Å²) in [5, 5.41) is 3.39. The van der Waals surface area contributed by atoms with E-state index in [9.17, 15) is 18.0 Å². The number of sulfonamides is 1. The average molecular weight is 496 g/mol. The molecule has 1 amide bonds. The first-order valence-electron chi connectivity index (χ1n) is 11.9. The van der Waals surface area contributed by atoms with Gasteiger partial charge < -0.3 is 10.2 Å². The van der Waals surface area contributed by atoms with Crippen LogP contribution in [-0.4, -0.2) is 66.3 Å². The summed E-state index contributed by atoms with van der Waals surface area (Å²) in [5.41, 5.74) is 0.998. The van der Waals surface area contributed by atoms with E-state index in [1.165, 1.54) is 10.4 Å². The van der Waals surface area contributed by atoms with Gasteiger partial charge in [0.2, 0.25) is 15.9 Å². The van der Waals surface area contributed by atoms with Crippen molar-refractivity contribution in [1.29, 1.82) is 0 Å². The average Bonchev–Trinajstić information content (AvgIpc) is 3.68. The second kappa shape index (κ2) is 9.52. The summed E-state index contributed by atoms with van der Waals surface area (Å²) >= 11 is 0. The fraction of sp³-hybridized carbons (Fsp3) is 0.400. The molecule has 2 heterocycles. The van der Waals surface area contributed by atoms with E-state index in [0.717, 1.165) is 12.8 Å². The zero-order chi connectivity index (χ0) is 24.6. The lowest BCUT2D eigenvalue weighted by Gasteiger charge is -2.31. The van der Waals surface area contributed by atoms with Crippen molar-refractivity contribution in [3.63, 3.8) is 0 Å². The number of likely N-dealkylation sites (N-methyl/N-ethyl adjacent to an activating group) is 1. The van der Waals surface area contributed by atoms with E-state index < -0.39 is 10.0 Å². The molecule has 0 atom stereocenters. The van der Waals surface area contributed by atoms with Crippen molar-refractivity contribution < 1.29 is 13.2 Å². The summed E-state index contributed by atoms with van der Waals surface area (Å²) in [6.07, 6.45) is 2.33. The summed E-state index contributed by atoms with van der Waals surface area (Å²) in [7, 11) is -1.66. The lowest BCUT2D eigenvalue weighted by atomic mass is 10.2. The summed E-state index contributed by atoms with van der Waals surface area (Å²) in [4.78, 5) is 32.7. The van der Waals surface area contributed by atoms with Gasteiger partial charge in [0.25, 0.3) is 5.56 Å². The maximum atomic E-state index is 13.0. The van der Waals surface area contributed by atoms with E-state index in [-0.39, 0.29) is 28.8 Å². The van der Waals surface area contributed by atoms with Crippen molar-refractivity contribution in [3.05, 3.63) is 64.7 Å². The highest BCUT2D eigenvalue weighted by atomic mass is 32.2. The molecule has 0 unspecified atom stereocenters. The number of carbonyl (C=O) groups excluding carboxylic acids is 1. The van der Waals surface area contributed by atoms with Crippen molar-refractivity contribution in [2.75, 3.05) is 38.5 Å². The van der Waals surface area contributed by atoms with E-state index >= 15 is 0 Å². The second-order valence-electron chi connectivity index (χ2n) is 9.23. The van der Waals surface area contributed by atoms with Crippen LogP contribution in [0.25, 0.3) is 10.9 Å². The number of anilines is 1. The number of fused-ring (bicyclic) bond motifs is 1. The molecule has 2 aliphatic rings. The van der Waals surface area contributed by atoms with Gasteiger partial charge in [-0.25, -0.2) is 13.4 Å². The monoisotopic (exact) mass is 495 g/mol. The third-order valence-corrected chi connectivity index (χ3v) is 8.48. The number of para-hydroxylation sites is 1. The van der Waals surface area contributed by atoms with Gasteiger partial charge in [0.15, 0.2) is 0 Å². The van der Waals surface area contributed by atoms with E-state index in [0.29, 0.717) is 55.0 Å². The molecule has 1 aromatic heterocycles. The van der Waals surface area contributed by atoms with Crippen molar-refractivity contribution in [2.45, 2.75) is 36.6 Å². The number of nitrogens with one attached hydrogen (secondary N) is 1. The molecule has 1 N–H and O–H groups in total. The van der Waals surface area contributed by atoms with Crippen LogP contribution in [0.3, 0.4) is 0 Å². The molecule has 0 spiro atoms. The van der Waals surface area contributed by atoms with Crippen LogP contribution in [0.5, 0.6) is 0 Å². The largest absolute Gasteiger partial charge is 0.326 e. The first-order chi connectivity index (χ1) is 16.8. The molecule has 5 rings (SSSR count). The normalized spacial score (nSPS) is 17.5. The topological polar surface area (TPSA) is 105 Å². The number of piperazine rings is 1. The Morgan fingerprint density at radius 2 is 1.80 bits per heavy atom. The molecular formula is C25H29N5O4S. The minimum Gasteiger partial charge on any atom is -0.326 e. The number of benzene rings is 2. The van der Waals surface area contributed by atoms with E-state index in [2.05, 4.69) is 15.2 Å². The standard InChI is InChI=1S/C25H29N5O4S/c1-28-13-15-29(16-14-28)35(33,34)20-6-4-5-18(17-20)26-24(31)12-11-23-27-22-8-3-2-7-21(22)25(32)30(23)19-9-10-19/h2-8,17,19H,9-16H2,1H3,(H,26,31). The molecule has 1 saturated heterocycles. The van der Waals surface area contributed by atoms with Gasteiger partial charge in [0.05, 0.1) is 15.8 Å². The maximum absolute atomic E-state index is 13.0. The molecule has 35 heavy (non-hydrogen) atoms. The molecule has 1 saturated carbocycles. The molecule has 3 aromatic rings. The first-order valence-corrected chi connectivity index (χ1v) is 13.4. The van der Waals surface area contributed by atoms with Crippen LogP contribution in [-0.2, 0) is 21.2 Å². The van der Waals surface area contributed by atoms with Crippen molar-refractivity contribution >= 4 is 32.5 Å². The predicted molar refractivity (Wildman–Crippen MR) is 134 cm³/mol. The lowest BCUT2D eigenvalue weighted by Crippen LogP contribution is -2.47. The molecule has 2 aromatic carbocycles. The van der Waals surface area contributed by atoms with Gasteiger partial charge in [-0.2, -0.15) is 4.31 Å². The summed E-state index contributed by atoms with van der Waals surface area (Å²) in [6.45, 7) is 2.25. The minimum absolute atomic E-state index is 0.0599. The fourth-order valence-corrected chi connectivity index (χ4v) is 5.91. The number of hydrogen-bond acceptors (Lipinski definition) is 6. The third kappa shape index (κ3) is 5.00. The van der Waals surface area contributed by atoms with Gasteiger partial charge in [-0.05, 0) is 50.2 Å². The van der Waals surface area contributed by atoms with Gasteiger partial charge in [0.1, 0.15) is 5.82 Å². The number of carbonyl (C=O) groups is 1. The molecule has 10 heteroatoms. The van der Waals surface area contributed by atoms with Gasteiger partial charge in [0, 0.05) is 50.7 Å². The quantitative estimate of drug-likeness (QED) is 0.539. The van der Waals surface area contributed by atoms with Crippen LogP contribution in [0.2, 0.25) is 0 Å². The van der Waals surface area contributed by atoms with Crippen LogP contribution in [0.15, 0.2) is 58.2 Å². The van der Waals surface area contributed by atoms with Gasteiger partial charge >= 0.3 is 0 Å². The Morgan fingerprint density at radius 3 is 2.54 bits per heavy atom. The van der Waals surface area contributed by atoms with Crippen molar-refractivity contribution in [1.82, 2.24) is 18.8 Å². The van der Waals surface area contributed by atoms with Crippen LogP contribution >= 0.6 is 0 Å². The second-order valence-corrected chi connectivity index (χ2v) is 11.2. The van der Waals surface area contributed by atoms with Gasteiger partial charge in [-0.15, -0.1) is 0 Å². The van der Waals surface area contributed by atoms with E-state index in [4.69, 9.17) is 0 Å². The van der Waals surface area contributed by atoms with Gasteiger partial charge in [-0.3, -0.25) is 14.2 Å². The Kier molecular flexibility index (Phi) is 6.43. The molecule has 9 nitrogen and oxygen atoms in total. The number of hydrogen-bond donors (Lipinski definition) is 1. The zero-order valence-electron chi connectivity index (χ0n) is 19.7. The number of aryl methyl sites for hydroxylation is 1. The predicted octanol–water partition coefficient (Wildman–Crippen LogP) is 2.24. The highest BCUT2D eigenvalue weighted by Crippen LogP contribution is 2.35. The summed E-state index contributed by atoms with van der Waals surface area (Å²) < 4.78 is 29.3. The number of nitrogens with zero attached hydrogens (tertiary/aromatic N) is 4.